The molecule has 1 aliphatic rings. The third kappa shape index (κ3) is 5.73. The molecule has 0 saturated carbocycles. The standard InChI is InChI=1S/C23H31N3O2/c1-19-8-6-9-20(2)23(19)28-18-22(27)24-12-7-13-25-14-16-26(17-15-25)21-10-4-3-5-11-21/h3-6,8-11H,7,12-18H2,1-2H3,(H,24,27). The van der Waals surface area contributed by atoms with Crippen molar-refractivity contribution in [2.45, 2.75) is 20.3 Å². The summed E-state index contributed by atoms with van der Waals surface area (Å²) in [5, 5.41) is 2.97. The molecule has 0 aliphatic carbocycles. The minimum absolute atomic E-state index is 0.0588. The number of benzene rings is 2. The number of nitrogens with one attached hydrogen (secondary N) is 1. The van der Waals surface area contributed by atoms with Gasteiger partial charge in [-0.3, -0.25) is 9.69 Å². The van der Waals surface area contributed by atoms with Crippen molar-refractivity contribution in [2.75, 3.05) is 50.8 Å². The number of carbonyl (C=O) groups excluding carboxylic acids is 1. The highest BCUT2D eigenvalue weighted by molar-refractivity contribution is 5.77. The summed E-state index contributed by atoms with van der Waals surface area (Å²) in [5.41, 5.74) is 3.42. The van der Waals surface area contributed by atoms with Crippen LogP contribution in [0.25, 0.3) is 0 Å². The van der Waals surface area contributed by atoms with Crippen molar-refractivity contribution in [3.05, 3.63) is 59.7 Å². The van der Waals surface area contributed by atoms with Gasteiger partial charge in [-0.15, -0.1) is 0 Å². The van der Waals surface area contributed by atoms with Crippen LogP contribution in [0, 0.1) is 13.8 Å². The normalized spacial score (nSPS) is 14.7. The smallest absolute Gasteiger partial charge is 0.257 e. The maximum absolute atomic E-state index is 12.0. The molecule has 2 aromatic rings. The molecule has 1 amide bonds. The number of ether oxygens (including phenoxy) is 1. The third-order valence-corrected chi connectivity index (χ3v) is 5.22. The second-order valence-corrected chi connectivity index (χ2v) is 7.38. The van der Waals surface area contributed by atoms with Gasteiger partial charge in [-0.25, -0.2) is 0 Å². The Bertz CT molecular complexity index is 735. The summed E-state index contributed by atoms with van der Waals surface area (Å²) in [6.45, 7) is 10.0. The van der Waals surface area contributed by atoms with Crippen LogP contribution in [-0.2, 0) is 4.79 Å². The quantitative estimate of drug-likeness (QED) is 0.714. The number of carbonyl (C=O) groups is 1. The average molecular weight is 382 g/mol. The molecule has 0 spiro atoms. The van der Waals surface area contributed by atoms with Crippen LogP contribution in [0.2, 0.25) is 0 Å². The van der Waals surface area contributed by atoms with E-state index in [0.29, 0.717) is 6.54 Å². The van der Waals surface area contributed by atoms with Gasteiger partial charge in [-0.1, -0.05) is 36.4 Å². The number of amides is 1. The number of hydrogen-bond acceptors (Lipinski definition) is 4. The molecule has 28 heavy (non-hydrogen) atoms. The van der Waals surface area contributed by atoms with Crippen molar-refractivity contribution in [3.8, 4) is 5.75 Å². The van der Waals surface area contributed by atoms with E-state index in [4.69, 9.17) is 4.74 Å². The fourth-order valence-electron chi connectivity index (χ4n) is 3.61. The van der Waals surface area contributed by atoms with Crippen LogP contribution in [0.5, 0.6) is 5.75 Å². The highest BCUT2D eigenvalue weighted by Gasteiger charge is 2.16. The maximum Gasteiger partial charge on any atom is 0.257 e. The van der Waals surface area contributed by atoms with Gasteiger partial charge in [-0.2, -0.15) is 0 Å². The zero-order valence-electron chi connectivity index (χ0n) is 17.0. The molecule has 0 aromatic heterocycles. The van der Waals surface area contributed by atoms with Gasteiger partial charge in [0.05, 0.1) is 0 Å². The van der Waals surface area contributed by atoms with Gasteiger partial charge < -0.3 is 15.0 Å². The van der Waals surface area contributed by atoms with E-state index in [1.54, 1.807) is 0 Å². The summed E-state index contributed by atoms with van der Waals surface area (Å²) in [5.74, 6) is 0.755. The topological polar surface area (TPSA) is 44.8 Å². The summed E-state index contributed by atoms with van der Waals surface area (Å²) in [7, 11) is 0. The van der Waals surface area contributed by atoms with Crippen LogP contribution >= 0.6 is 0 Å². The second-order valence-electron chi connectivity index (χ2n) is 7.38. The molecule has 3 rings (SSSR count). The van der Waals surface area contributed by atoms with Crippen LogP contribution in [-0.4, -0.2) is 56.7 Å². The van der Waals surface area contributed by atoms with E-state index in [0.717, 1.165) is 56.0 Å². The number of anilines is 1. The van der Waals surface area contributed by atoms with Gasteiger partial charge in [0.25, 0.3) is 5.91 Å². The zero-order valence-corrected chi connectivity index (χ0v) is 17.0. The molecule has 1 fully saturated rings. The molecule has 1 heterocycles. The molecular formula is C23H31N3O2. The van der Waals surface area contributed by atoms with E-state index in [1.165, 1.54) is 5.69 Å². The molecule has 1 N–H and O–H groups in total. The monoisotopic (exact) mass is 381 g/mol. The van der Waals surface area contributed by atoms with E-state index in [1.807, 2.05) is 32.0 Å². The number of hydrogen-bond donors (Lipinski definition) is 1. The molecule has 0 atom stereocenters. The minimum Gasteiger partial charge on any atom is -0.483 e. The van der Waals surface area contributed by atoms with Crippen molar-refractivity contribution in [3.63, 3.8) is 0 Å². The van der Waals surface area contributed by atoms with Crippen LogP contribution in [0.1, 0.15) is 17.5 Å². The third-order valence-electron chi connectivity index (χ3n) is 5.22. The molecule has 0 unspecified atom stereocenters. The van der Waals surface area contributed by atoms with E-state index < -0.39 is 0 Å². The van der Waals surface area contributed by atoms with Gasteiger partial charge in [-0.05, 0) is 50.1 Å². The molecule has 150 valence electrons. The Labute approximate surface area is 168 Å². The van der Waals surface area contributed by atoms with Crippen LogP contribution in [0.15, 0.2) is 48.5 Å². The first-order valence-electron chi connectivity index (χ1n) is 10.1. The van der Waals surface area contributed by atoms with E-state index >= 15 is 0 Å². The van der Waals surface area contributed by atoms with Crippen molar-refractivity contribution in [2.24, 2.45) is 0 Å². The first-order chi connectivity index (χ1) is 13.6. The highest BCUT2D eigenvalue weighted by Crippen LogP contribution is 2.22. The predicted octanol–water partition coefficient (Wildman–Crippen LogP) is 3.01. The van der Waals surface area contributed by atoms with Gasteiger partial charge in [0, 0.05) is 38.4 Å². The van der Waals surface area contributed by atoms with Crippen LogP contribution in [0.3, 0.4) is 0 Å². The number of aryl methyl sites for hydroxylation is 2. The summed E-state index contributed by atoms with van der Waals surface area (Å²) < 4.78 is 5.70. The molecule has 5 heteroatoms. The lowest BCUT2D eigenvalue weighted by atomic mass is 10.1. The first-order valence-corrected chi connectivity index (χ1v) is 10.1. The number of rotatable bonds is 8. The Balaban J connectivity index is 1.29. The second kappa shape index (κ2) is 10.1. The lowest BCUT2D eigenvalue weighted by Gasteiger charge is -2.36. The van der Waals surface area contributed by atoms with Gasteiger partial charge in [0.15, 0.2) is 6.61 Å². The first kappa shape index (κ1) is 20.2. The summed E-state index contributed by atoms with van der Waals surface area (Å²) in [6, 6.07) is 16.6. The van der Waals surface area contributed by atoms with E-state index in [9.17, 15) is 4.79 Å². The maximum atomic E-state index is 12.0. The van der Waals surface area contributed by atoms with Crippen LogP contribution < -0.4 is 15.0 Å². The Hall–Kier alpha value is -2.53. The van der Waals surface area contributed by atoms with E-state index in [-0.39, 0.29) is 12.5 Å². The van der Waals surface area contributed by atoms with Gasteiger partial charge in [0.2, 0.25) is 0 Å². The van der Waals surface area contributed by atoms with Gasteiger partial charge >= 0.3 is 0 Å². The Morgan fingerprint density at radius 2 is 1.64 bits per heavy atom. The largest absolute Gasteiger partial charge is 0.483 e. The highest BCUT2D eigenvalue weighted by atomic mass is 16.5. The molecule has 0 bridgehead atoms. The van der Waals surface area contributed by atoms with Crippen molar-refractivity contribution in [1.82, 2.24) is 10.2 Å². The Morgan fingerprint density at radius 3 is 2.32 bits per heavy atom. The van der Waals surface area contributed by atoms with Crippen molar-refractivity contribution >= 4 is 11.6 Å². The molecular weight excluding hydrogens is 350 g/mol. The number of para-hydroxylation sites is 2. The molecule has 5 nitrogen and oxygen atoms in total. The lowest BCUT2D eigenvalue weighted by Crippen LogP contribution is -2.47. The molecule has 2 aromatic carbocycles. The Morgan fingerprint density at radius 1 is 0.964 bits per heavy atom. The summed E-state index contributed by atoms with van der Waals surface area (Å²) in [4.78, 5) is 16.9. The Kier molecular flexibility index (Phi) is 7.31. The van der Waals surface area contributed by atoms with Crippen molar-refractivity contribution in [1.29, 1.82) is 0 Å². The molecule has 0 radical (unpaired) electrons. The number of piperazine rings is 1. The number of nitrogens with zero attached hydrogens (tertiary/aromatic N) is 2. The molecule has 1 aliphatic heterocycles. The summed E-state index contributed by atoms with van der Waals surface area (Å²) in [6.07, 6.45) is 0.959. The lowest BCUT2D eigenvalue weighted by molar-refractivity contribution is -0.123. The van der Waals surface area contributed by atoms with Gasteiger partial charge in [0.1, 0.15) is 5.75 Å². The van der Waals surface area contributed by atoms with Crippen molar-refractivity contribution < 1.29 is 9.53 Å². The fourth-order valence-corrected chi connectivity index (χ4v) is 3.61. The predicted molar refractivity (Wildman–Crippen MR) is 114 cm³/mol. The zero-order chi connectivity index (χ0) is 19.8. The van der Waals surface area contributed by atoms with Crippen LogP contribution in [0.4, 0.5) is 5.69 Å². The average Bonchev–Trinajstić information content (AvgIpc) is 2.72. The fraction of sp³-hybridized carbons (Fsp3) is 0.435. The minimum atomic E-state index is -0.0588. The van der Waals surface area contributed by atoms with E-state index in [2.05, 4.69) is 45.4 Å². The molecule has 1 saturated heterocycles. The SMILES string of the molecule is Cc1cccc(C)c1OCC(=O)NCCCN1CCN(c2ccccc2)CC1. The summed E-state index contributed by atoms with van der Waals surface area (Å²) >= 11 is 0.